The van der Waals surface area contributed by atoms with Crippen molar-refractivity contribution >= 4 is 23.3 Å². The molecule has 0 saturated carbocycles. The Balaban J connectivity index is 0.00000612. The van der Waals surface area contributed by atoms with Gasteiger partial charge in [-0.05, 0) is 13.8 Å². The van der Waals surface area contributed by atoms with E-state index in [0.717, 1.165) is 45.5 Å². The van der Waals surface area contributed by atoms with Crippen LogP contribution < -0.4 is 21.3 Å². The van der Waals surface area contributed by atoms with Crippen LogP contribution in [0.5, 0.6) is 0 Å². The Morgan fingerprint density at radius 2 is 1.00 bits per heavy atom. The number of aryl methyl sites for hydroxylation is 2. The molecule has 2 aromatic carbocycles. The van der Waals surface area contributed by atoms with Gasteiger partial charge < -0.3 is 21.3 Å². The molecule has 0 aliphatic heterocycles. The van der Waals surface area contributed by atoms with E-state index in [2.05, 4.69) is 97.1 Å². The van der Waals surface area contributed by atoms with Crippen molar-refractivity contribution in [2.75, 3.05) is 38.8 Å². The van der Waals surface area contributed by atoms with Crippen LogP contribution in [0.25, 0.3) is 0 Å². The fraction of sp³-hybridized carbons (Fsp3) is 0.357. The fourth-order valence-electron chi connectivity index (χ4n) is 3.83. The van der Waals surface area contributed by atoms with Crippen molar-refractivity contribution in [2.45, 2.75) is 41.5 Å². The Labute approximate surface area is 236 Å². The summed E-state index contributed by atoms with van der Waals surface area (Å²) in [6.45, 7) is 12.7. The number of rotatable bonds is 5. The van der Waals surface area contributed by atoms with Gasteiger partial charge in [0.1, 0.15) is 0 Å². The van der Waals surface area contributed by atoms with Crippen LogP contribution in [0.2, 0.25) is 0 Å². The molecule has 0 heterocycles. The minimum absolute atomic E-state index is 0. The molecule has 0 unspecified atom stereocenters. The van der Waals surface area contributed by atoms with Crippen LogP contribution in [0.1, 0.15) is 44.5 Å². The van der Waals surface area contributed by atoms with Gasteiger partial charge in [-0.2, -0.15) is 23.3 Å². The number of aliphatic imine (C=N–C) groups is 2. The summed E-state index contributed by atoms with van der Waals surface area (Å²) < 4.78 is 0. The first kappa shape index (κ1) is 30.6. The molecule has 0 aliphatic rings. The van der Waals surface area contributed by atoms with E-state index >= 15 is 0 Å². The number of allylic oxidation sites excluding steroid dienone is 2. The maximum absolute atomic E-state index is 4.21. The molecule has 6 nitrogen and oxygen atoms in total. The standard InChI is InChI=1S/C28H38N6.Y/c1-17-15-25(33-27(29-7)30-8)21(5)19(3)23(17)13-11-12-14-24-18(2)16-26(22(6)20(24)4)34-28(31-9)32-10;/h11-12,15-16H,1-10H3,(H2,29,30,33)(H2,31,32,34);/q-2;. The predicted molar refractivity (Wildman–Crippen MR) is 147 cm³/mol. The van der Waals surface area contributed by atoms with Gasteiger partial charge in [-0.25, -0.2) is 12.2 Å². The molecule has 35 heavy (non-hydrogen) atoms. The third-order valence-electron chi connectivity index (χ3n) is 6.16. The Morgan fingerprint density at radius 1 is 0.657 bits per heavy atom. The zero-order valence-corrected chi connectivity index (χ0v) is 25.6. The number of benzene rings is 2. The van der Waals surface area contributed by atoms with E-state index in [1.54, 1.807) is 14.1 Å². The summed E-state index contributed by atoms with van der Waals surface area (Å²) in [4.78, 5) is 8.42. The summed E-state index contributed by atoms with van der Waals surface area (Å²) >= 11 is 0. The second-order valence-corrected chi connectivity index (χ2v) is 8.25. The largest absolute Gasteiger partial charge is 0.359 e. The monoisotopic (exact) mass is 547 g/mol. The Hall–Kier alpha value is -2.44. The second-order valence-electron chi connectivity index (χ2n) is 8.25. The Morgan fingerprint density at radius 3 is 1.29 bits per heavy atom. The van der Waals surface area contributed by atoms with Crippen molar-refractivity contribution in [1.29, 1.82) is 0 Å². The first-order chi connectivity index (χ1) is 16.2. The molecule has 1 radical (unpaired) electrons. The molecule has 0 amide bonds. The molecule has 7 heteroatoms. The van der Waals surface area contributed by atoms with Gasteiger partial charge in [0.15, 0.2) is 11.9 Å². The van der Waals surface area contributed by atoms with Gasteiger partial charge >= 0.3 is 0 Å². The molecule has 185 valence electrons. The van der Waals surface area contributed by atoms with E-state index < -0.39 is 0 Å². The van der Waals surface area contributed by atoms with Crippen molar-refractivity contribution < 1.29 is 32.7 Å². The first-order valence-corrected chi connectivity index (χ1v) is 11.4. The number of anilines is 2. The average molecular weight is 548 g/mol. The molecule has 0 spiro atoms. The van der Waals surface area contributed by atoms with E-state index in [4.69, 9.17) is 0 Å². The van der Waals surface area contributed by atoms with E-state index in [0.29, 0.717) is 0 Å². The van der Waals surface area contributed by atoms with Crippen molar-refractivity contribution in [3.8, 4) is 0 Å². The maximum atomic E-state index is 4.21. The molecule has 4 N–H and O–H groups in total. The Bertz CT molecular complexity index is 1070. The van der Waals surface area contributed by atoms with Gasteiger partial charge in [-0.3, -0.25) is 9.98 Å². The van der Waals surface area contributed by atoms with Gasteiger partial charge in [0, 0.05) is 72.3 Å². The molecule has 0 fully saturated rings. The van der Waals surface area contributed by atoms with Gasteiger partial charge in [0.2, 0.25) is 0 Å². The van der Waals surface area contributed by atoms with Gasteiger partial charge in [-0.15, -0.1) is 22.3 Å². The summed E-state index contributed by atoms with van der Waals surface area (Å²) in [5.41, 5.74) is 11.3. The molecule has 0 bridgehead atoms. The third-order valence-corrected chi connectivity index (χ3v) is 6.16. The minimum Gasteiger partial charge on any atom is -0.359 e. The summed E-state index contributed by atoms with van der Waals surface area (Å²) in [7, 11) is 7.23. The quantitative estimate of drug-likeness (QED) is 0.186. The van der Waals surface area contributed by atoms with Gasteiger partial charge in [0.05, 0.1) is 0 Å². The van der Waals surface area contributed by atoms with Gasteiger partial charge in [0.25, 0.3) is 0 Å². The molecular formula is C28H38N6Y-2. The van der Waals surface area contributed by atoms with E-state index in [-0.39, 0.29) is 32.7 Å². The van der Waals surface area contributed by atoms with E-state index in [9.17, 15) is 0 Å². The average Bonchev–Trinajstić information content (AvgIpc) is 2.83. The van der Waals surface area contributed by atoms with Crippen LogP contribution >= 0.6 is 0 Å². The Kier molecular flexibility index (Phi) is 12.4. The van der Waals surface area contributed by atoms with E-state index in [1.165, 1.54) is 22.3 Å². The van der Waals surface area contributed by atoms with Crippen molar-refractivity contribution in [3.05, 3.63) is 80.9 Å². The van der Waals surface area contributed by atoms with Crippen molar-refractivity contribution in [2.24, 2.45) is 9.98 Å². The zero-order valence-electron chi connectivity index (χ0n) is 22.8. The summed E-state index contributed by atoms with van der Waals surface area (Å²) in [5.74, 6) is 1.47. The summed E-state index contributed by atoms with van der Waals surface area (Å²) in [6.07, 6.45) is 10.8. The van der Waals surface area contributed by atoms with Crippen LogP contribution in [0.15, 0.2) is 34.3 Å². The normalized spacial score (nSPS) is 12.2. The molecule has 2 rings (SSSR count). The molecule has 2 aromatic rings. The predicted octanol–water partition coefficient (Wildman–Crippen LogP) is 4.88. The van der Waals surface area contributed by atoms with E-state index in [1.807, 2.05) is 26.2 Å². The fourth-order valence-corrected chi connectivity index (χ4v) is 3.83. The molecule has 0 aromatic heterocycles. The van der Waals surface area contributed by atoms with Crippen LogP contribution in [-0.2, 0) is 32.7 Å². The smallest absolute Gasteiger partial charge is 0.195 e. The third kappa shape index (κ3) is 7.52. The van der Waals surface area contributed by atoms with Gasteiger partial charge in [-0.1, -0.05) is 51.0 Å². The maximum Gasteiger partial charge on any atom is 0.195 e. The number of hydrogen-bond donors (Lipinski definition) is 4. The number of nitrogens with one attached hydrogen (secondary N) is 4. The molecule has 0 atom stereocenters. The summed E-state index contributed by atoms with van der Waals surface area (Å²) in [5, 5.41) is 12.8. The van der Waals surface area contributed by atoms with Crippen molar-refractivity contribution in [1.82, 2.24) is 10.6 Å². The van der Waals surface area contributed by atoms with Crippen LogP contribution in [0, 0.1) is 53.7 Å². The van der Waals surface area contributed by atoms with Crippen LogP contribution in [-0.4, -0.2) is 40.1 Å². The van der Waals surface area contributed by atoms with Crippen LogP contribution in [0.4, 0.5) is 11.4 Å². The first-order valence-electron chi connectivity index (χ1n) is 11.4. The number of nitrogens with zero attached hydrogens (tertiary/aromatic N) is 2. The van der Waals surface area contributed by atoms with Crippen molar-refractivity contribution in [3.63, 3.8) is 0 Å². The SMILES string of the molecule is CN=C(NC)Nc1cc(C)c([C-]=CC=[C-]c2c(C)cc(NC(=NC)NC)c(C)c2C)c(C)c1C.[Y]. The molecule has 0 saturated heterocycles. The molecular weight excluding hydrogens is 509 g/mol. The second kappa shape index (κ2) is 14.2. The summed E-state index contributed by atoms with van der Waals surface area (Å²) in [6, 6.07) is 4.27. The number of hydrogen-bond acceptors (Lipinski definition) is 2. The number of guanidine groups is 2. The molecule has 0 aliphatic carbocycles. The van der Waals surface area contributed by atoms with Crippen LogP contribution in [0.3, 0.4) is 0 Å². The minimum atomic E-state index is 0. The zero-order chi connectivity index (χ0) is 25.4. The topological polar surface area (TPSA) is 72.8 Å².